The monoisotopic (exact) mass is 488 g/mol. The lowest BCUT2D eigenvalue weighted by atomic mass is 10.0. The van der Waals surface area contributed by atoms with Gasteiger partial charge in [0.25, 0.3) is 0 Å². The molecule has 1 aromatic carbocycles. The molecule has 32 heavy (non-hydrogen) atoms. The minimum absolute atomic E-state index is 0.241. The van der Waals surface area contributed by atoms with Gasteiger partial charge in [0.2, 0.25) is 0 Å². The number of sulfone groups is 1. The molecule has 0 aliphatic rings. The van der Waals surface area contributed by atoms with Crippen LogP contribution < -0.4 is 5.11 Å². The minimum atomic E-state index is -4.90. The topological polar surface area (TPSA) is 131 Å². The fourth-order valence-electron chi connectivity index (χ4n) is 3.69. The molecular weight excluding hydrogens is 452 g/mol. The van der Waals surface area contributed by atoms with Crippen LogP contribution in [-0.2, 0) is 20.0 Å². The highest BCUT2D eigenvalue weighted by atomic mass is 32.2. The first-order chi connectivity index (χ1) is 15.1. The zero-order valence-corrected chi connectivity index (χ0v) is 20.6. The van der Waals surface area contributed by atoms with Crippen LogP contribution in [0, 0.1) is 0 Å². The Morgan fingerprint density at radius 3 is 1.59 bits per heavy atom. The Morgan fingerprint density at radius 2 is 1.19 bits per heavy atom. The van der Waals surface area contributed by atoms with Crippen LogP contribution in [0.25, 0.3) is 0 Å². The van der Waals surface area contributed by atoms with Gasteiger partial charge in [0.15, 0.2) is 9.84 Å². The van der Waals surface area contributed by atoms with E-state index in [2.05, 4.69) is 6.92 Å². The van der Waals surface area contributed by atoms with E-state index in [0.717, 1.165) is 31.4 Å². The highest BCUT2D eigenvalue weighted by molar-refractivity contribution is 7.91. The van der Waals surface area contributed by atoms with Gasteiger partial charge in [-0.2, -0.15) is 0 Å². The van der Waals surface area contributed by atoms with E-state index in [1.807, 2.05) is 0 Å². The fraction of sp³-hybridized carbons (Fsp3) is 0.696. The van der Waals surface area contributed by atoms with Crippen LogP contribution in [0.15, 0.2) is 28.0 Å². The molecule has 0 saturated heterocycles. The van der Waals surface area contributed by atoms with Crippen LogP contribution in [0.3, 0.4) is 0 Å². The fourth-order valence-corrected chi connectivity index (χ4v) is 5.75. The van der Waals surface area contributed by atoms with Gasteiger partial charge in [-0.1, -0.05) is 90.4 Å². The maximum atomic E-state index is 12.5. The largest absolute Gasteiger partial charge is 0.744 e. The number of rotatable bonds is 18. The van der Waals surface area contributed by atoms with Crippen molar-refractivity contribution in [3.63, 3.8) is 0 Å². The Hall–Kier alpha value is -1.45. The van der Waals surface area contributed by atoms with Gasteiger partial charge in [-0.05, 0) is 24.6 Å². The summed E-state index contributed by atoms with van der Waals surface area (Å²) in [4.78, 5) is 9.96. The number of carboxylic acids is 1. The van der Waals surface area contributed by atoms with Crippen molar-refractivity contribution in [2.45, 2.75) is 107 Å². The molecule has 0 N–H and O–H groups in total. The summed E-state index contributed by atoms with van der Waals surface area (Å²) in [6, 6.07) is 2.22. The summed E-state index contributed by atoms with van der Waals surface area (Å²) in [7, 11) is -8.83. The molecular formula is C23H36O7S2-2. The number of hydrogen-bond donors (Lipinski definition) is 0. The minimum Gasteiger partial charge on any atom is -0.744 e. The SMILES string of the molecule is CCCCCCCCCCCCCCCCS(=O)(=O)c1ccc(S(=O)(=O)[O-])cc1C(=O)[O-]. The van der Waals surface area contributed by atoms with Gasteiger partial charge in [-0.3, -0.25) is 0 Å². The first-order valence-corrected chi connectivity index (χ1v) is 14.7. The number of carbonyl (C=O) groups excluding carboxylic acids is 1. The molecule has 9 heteroatoms. The van der Waals surface area contributed by atoms with Crippen LogP contribution >= 0.6 is 0 Å². The molecule has 7 nitrogen and oxygen atoms in total. The van der Waals surface area contributed by atoms with Crippen LogP contribution in [0.2, 0.25) is 0 Å². The van der Waals surface area contributed by atoms with Crippen molar-refractivity contribution in [2.24, 2.45) is 0 Å². The summed E-state index contributed by atoms with van der Waals surface area (Å²) in [5.41, 5.74) is -0.799. The number of carbonyl (C=O) groups is 1. The third-order valence-corrected chi connectivity index (χ3v) is 8.24. The van der Waals surface area contributed by atoms with E-state index < -0.39 is 41.3 Å². The molecule has 0 aliphatic heterocycles. The number of hydrogen-bond acceptors (Lipinski definition) is 7. The average molecular weight is 489 g/mol. The van der Waals surface area contributed by atoms with Crippen molar-refractivity contribution in [1.29, 1.82) is 0 Å². The van der Waals surface area contributed by atoms with Gasteiger partial charge in [0.05, 0.1) is 21.5 Å². The van der Waals surface area contributed by atoms with Crippen molar-refractivity contribution >= 4 is 25.9 Å². The predicted octanol–water partition coefficient (Wildman–Crippen LogP) is 4.21. The van der Waals surface area contributed by atoms with E-state index in [0.29, 0.717) is 18.9 Å². The van der Waals surface area contributed by atoms with E-state index in [-0.39, 0.29) is 5.75 Å². The van der Waals surface area contributed by atoms with Gasteiger partial charge in [-0.15, -0.1) is 0 Å². The molecule has 0 bridgehead atoms. The first kappa shape index (κ1) is 28.6. The van der Waals surface area contributed by atoms with Crippen LogP contribution in [0.5, 0.6) is 0 Å². The molecule has 1 rings (SSSR count). The highest BCUT2D eigenvalue weighted by Crippen LogP contribution is 2.22. The summed E-state index contributed by atoms with van der Waals surface area (Å²) in [6.45, 7) is 2.22. The first-order valence-electron chi connectivity index (χ1n) is 11.6. The van der Waals surface area contributed by atoms with E-state index in [1.54, 1.807) is 0 Å². The molecule has 1 aromatic rings. The Bertz CT molecular complexity index is 906. The lowest BCUT2D eigenvalue weighted by Gasteiger charge is -2.14. The molecule has 0 atom stereocenters. The van der Waals surface area contributed by atoms with Crippen molar-refractivity contribution in [3.8, 4) is 0 Å². The molecule has 184 valence electrons. The lowest BCUT2D eigenvalue weighted by molar-refractivity contribution is -0.255. The molecule has 0 spiro atoms. The number of carboxylic acid groups (broad SMARTS) is 1. The molecule has 0 unspecified atom stereocenters. The second-order valence-electron chi connectivity index (χ2n) is 8.31. The summed E-state index contributed by atoms with van der Waals surface area (Å²) in [5.74, 6) is -2.08. The third-order valence-electron chi connectivity index (χ3n) is 5.56. The Morgan fingerprint density at radius 1 is 0.750 bits per heavy atom. The quantitative estimate of drug-likeness (QED) is 0.223. The van der Waals surface area contributed by atoms with Crippen LogP contribution in [0.4, 0.5) is 0 Å². The van der Waals surface area contributed by atoms with E-state index >= 15 is 0 Å². The van der Waals surface area contributed by atoms with Gasteiger partial charge < -0.3 is 14.5 Å². The Balaban J connectivity index is 2.32. The molecule has 0 radical (unpaired) electrons. The van der Waals surface area contributed by atoms with Crippen LogP contribution in [-0.4, -0.2) is 33.1 Å². The smallest absolute Gasteiger partial charge is 0.179 e. The summed E-state index contributed by atoms with van der Waals surface area (Å²) < 4.78 is 58.2. The van der Waals surface area contributed by atoms with E-state index in [9.17, 15) is 31.3 Å². The predicted molar refractivity (Wildman–Crippen MR) is 121 cm³/mol. The lowest BCUT2D eigenvalue weighted by Crippen LogP contribution is -2.26. The summed E-state index contributed by atoms with van der Waals surface area (Å²) >= 11 is 0. The molecule has 0 heterocycles. The highest BCUT2D eigenvalue weighted by Gasteiger charge is 2.20. The maximum absolute atomic E-state index is 12.5. The van der Waals surface area contributed by atoms with Crippen LogP contribution in [0.1, 0.15) is 107 Å². The summed E-state index contributed by atoms with van der Waals surface area (Å²) in [6.07, 6.45) is 15.8. The zero-order valence-electron chi connectivity index (χ0n) is 19.0. The van der Waals surface area contributed by atoms with Crippen molar-refractivity contribution in [3.05, 3.63) is 23.8 Å². The molecule has 0 fully saturated rings. The number of aromatic carboxylic acids is 1. The second-order valence-corrected chi connectivity index (χ2v) is 11.8. The van der Waals surface area contributed by atoms with Gasteiger partial charge in [-0.25, -0.2) is 16.8 Å². The second kappa shape index (κ2) is 14.6. The molecule has 0 aromatic heterocycles. The zero-order chi connectivity index (χ0) is 24.0. The molecule has 0 aliphatic carbocycles. The van der Waals surface area contributed by atoms with Gasteiger partial charge in [0, 0.05) is 5.56 Å². The van der Waals surface area contributed by atoms with Gasteiger partial charge >= 0.3 is 0 Å². The average Bonchev–Trinajstić information content (AvgIpc) is 2.72. The third kappa shape index (κ3) is 10.9. The summed E-state index contributed by atoms with van der Waals surface area (Å²) in [5, 5.41) is 11.3. The van der Waals surface area contributed by atoms with E-state index in [4.69, 9.17) is 0 Å². The Kier molecular flexibility index (Phi) is 13.1. The van der Waals surface area contributed by atoms with E-state index in [1.165, 1.54) is 57.8 Å². The van der Waals surface area contributed by atoms with Crippen molar-refractivity contribution in [1.82, 2.24) is 0 Å². The number of benzene rings is 1. The standard InChI is InChI=1S/C23H38O7S2/c1-2-3-4-5-6-7-8-9-10-11-12-13-14-15-18-31(26,27)22-17-16-20(32(28,29)30)19-21(22)23(24)25/h16-17,19H,2-15,18H2,1H3,(H,24,25)(H,28,29,30)/p-2. The molecule has 0 saturated carbocycles. The number of unbranched alkanes of at least 4 members (excludes halogenated alkanes) is 13. The normalized spacial score (nSPS) is 12.2. The maximum Gasteiger partial charge on any atom is 0.179 e. The van der Waals surface area contributed by atoms with Crippen molar-refractivity contribution < 1.29 is 31.3 Å². The molecule has 0 amide bonds. The Labute approximate surface area is 193 Å². The van der Waals surface area contributed by atoms with Crippen molar-refractivity contribution in [2.75, 3.05) is 5.75 Å². The van der Waals surface area contributed by atoms with Gasteiger partial charge in [0.1, 0.15) is 10.1 Å².